The average molecular weight is 372 g/mol. The van der Waals surface area contributed by atoms with Gasteiger partial charge in [0.1, 0.15) is 0 Å². The number of hydrogen-bond donors (Lipinski definition) is 1. The van der Waals surface area contributed by atoms with Gasteiger partial charge in [0.2, 0.25) is 0 Å². The number of likely N-dealkylation sites (tertiary alicyclic amines) is 1. The fourth-order valence-electron chi connectivity index (χ4n) is 3.47. The van der Waals surface area contributed by atoms with Gasteiger partial charge >= 0.3 is 0 Å². The first kappa shape index (κ1) is 15.3. The molecule has 0 saturated carbocycles. The lowest BCUT2D eigenvalue weighted by molar-refractivity contribution is 0.0650. The Balaban J connectivity index is 1.71. The van der Waals surface area contributed by atoms with Crippen LogP contribution in [0.25, 0.3) is 0 Å². The summed E-state index contributed by atoms with van der Waals surface area (Å²) in [5.74, 6) is 0.706. The summed E-state index contributed by atoms with van der Waals surface area (Å²) in [7, 11) is 0. The maximum atomic E-state index is 12.7. The smallest absolute Gasteiger partial charge is 0.255 e. The molecule has 1 N–H and O–H groups in total. The van der Waals surface area contributed by atoms with Gasteiger partial charge in [0, 0.05) is 28.6 Å². The van der Waals surface area contributed by atoms with Crippen LogP contribution in [0.15, 0.2) is 22.7 Å². The summed E-state index contributed by atoms with van der Waals surface area (Å²) < 4.78 is 0.779. The summed E-state index contributed by atoms with van der Waals surface area (Å²) in [6.45, 7) is 2.85. The number of halogens is 2. The number of piperidine rings is 1. The van der Waals surface area contributed by atoms with Gasteiger partial charge in [0.25, 0.3) is 5.91 Å². The Morgan fingerprint density at radius 3 is 2.90 bits per heavy atom. The minimum atomic E-state index is 0.112. The molecule has 0 radical (unpaired) electrons. The number of carbonyl (C=O) groups is 1. The van der Waals surface area contributed by atoms with Gasteiger partial charge in [-0.2, -0.15) is 0 Å². The van der Waals surface area contributed by atoms with Gasteiger partial charge in [0.15, 0.2) is 0 Å². The third-order valence-electron chi connectivity index (χ3n) is 4.57. The molecule has 2 aliphatic rings. The Morgan fingerprint density at radius 1 is 1.33 bits per heavy atom. The fraction of sp³-hybridized carbons (Fsp3) is 0.562. The Hall–Kier alpha value is -0.580. The molecule has 2 heterocycles. The molecule has 0 aromatic heterocycles. The molecular formula is C16H20BrClN2O. The van der Waals surface area contributed by atoms with Crippen molar-refractivity contribution in [3.63, 3.8) is 0 Å². The van der Waals surface area contributed by atoms with Crippen LogP contribution >= 0.6 is 27.5 Å². The van der Waals surface area contributed by atoms with Gasteiger partial charge in [-0.15, -0.1) is 0 Å². The molecular weight excluding hydrogens is 352 g/mol. The largest absolute Gasteiger partial charge is 0.338 e. The lowest BCUT2D eigenvalue weighted by Crippen LogP contribution is -2.45. The Kier molecular flexibility index (Phi) is 4.87. The van der Waals surface area contributed by atoms with Crippen LogP contribution in [0.4, 0.5) is 0 Å². The second kappa shape index (κ2) is 6.67. The van der Waals surface area contributed by atoms with E-state index >= 15 is 0 Å². The second-order valence-electron chi connectivity index (χ2n) is 5.98. The first-order chi connectivity index (χ1) is 10.1. The molecule has 1 aromatic carbocycles. The van der Waals surface area contributed by atoms with E-state index in [0.717, 1.165) is 30.5 Å². The van der Waals surface area contributed by atoms with Gasteiger partial charge in [-0.05, 0) is 72.3 Å². The van der Waals surface area contributed by atoms with Gasteiger partial charge in [-0.1, -0.05) is 11.6 Å². The molecule has 3 rings (SSSR count). The predicted molar refractivity (Wildman–Crippen MR) is 88.8 cm³/mol. The SMILES string of the molecule is O=C(c1ccc(Cl)cc1Br)N1CCCC(C2CCCN2)C1. The van der Waals surface area contributed by atoms with Crippen molar-refractivity contribution >= 4 is 33.4 Å². The lowest BCUT2D eigenvalue weighted by Gasteiger charge is -2.36. The molecule has 0 bridgehead atoms. The van der Waals surface area contributed by atoms with Crippen LogP contribution in [0.1, 0.15) is 36.0 Å². The van der Waals surface area contributed by atoms with Crippen molar-refractivity contribution in [2.24, 2.45) is 5.92 Å². The van der Waals surface area contributed by atoms with Crippen molar-refractivity contribution in [1.82, 2.24) is 10.2 Å². The summed E-state index contributed by atoms with van der Waals surface area (Å²) in [6, 6.07) is 5.97. The summed E-state index contributed by atoms with van der Waals surface area (Å²) in [5, 5.41) is 4.22. The van der Waals surface area contributed by atoms with E-state index in [0.29, 0.717) is 22.5 Å². The molecule has 0 aliphatic carbocycles. The molecule has 2 atom stereocenters. The van der Waals surface area contributed by atoms with E-state index in [4.69, 9.17) is 11.6 Å². The van der Waals surface area contributed by atoms with Gasteiger partial charge < -0.3 is 10.2 Å². The minimum Gasteiger partial charge on any atom is -0.338 e. The number of hydrogen-bond acceptors (Lipinski definition) is 2. The molecule has 2 aliphatic heterocycles. The molecule has 3 nitrogen and oxygen atoms in total. The molecule has 2 fully saturated rings. The van der Waals surface area contributed by atoms with Gasteiger partial charge in [0.05, 0.1) is 5.56 Å². The molecule has 2 unspecified atom stereocenters. The van der Waals surface area contributed by atoms with E-state index in [1.165, 1.54) is 19.3 Å². The van der Waals surface area contributed by atoms with Crippen molar-refractivity contribution in [3.8, 4) is 0 Å². The molecule has 2 saturated heterocycles. The van der Waals surface area contributed by atoms with E-state index in [9.17, 15) is 4.79 Å². The van der Waals surface area contributed by atoms with Crippen LogP contribution in [0.5, 0.6) is 0 Å². The summed E-state index contributed by atoms with van der Waals surface area (Å²) >= 11 is 9.40. The molecule has 1 aromatic rings. The van der Waals surface area contributed by atoms with Crippen LogP contribution in [0, 0.1) is 5.92 Å². The number of amides is 1. The highest BCUT2D eigenvalue weighted by atomic mass is 79.9. The predicted octanol–water partition coefficient (Wildman–Crippen LogP) is 3.71. The van der Waals surface area contributed by atoms with E-state index < -0.39 is 0 Å². The number of nitrogens with zero attached hydrogens (tertiary/aromatic N) is 1. The minimum absolute atomic E-state index is 0.112. The quantitative estimate of drug-likeness (QED) is 0.859. The third kappa shape index (κ3) is 3.43. The summed E-state index contributed by atoms with van der Waals surface area (Å²) in [5.41, 5.74) is 0.708. The topological polar surface area (TPSA) is 32.3 Å². The maximum Gasteiger partial charge on any atom is 0.255 e. The zero-order valence-electron chi connectivity index (χ0n) is 11.9. The zero-order chi connectivity index (χ0) is 14.8. The first-order valence-electron chi connectivity index (χ1n) is 7.63. The van der Waals surface area contributed by atoms with E-state index in [1.807, 2.05) is 11.0 Å². The average Bonchev–Trinajstić information content (AvgIpc) is 3.01. The second-order valence-corrected chi connectivity index (χ2v) is 7.27. The highest BCUT2D eigenvalue weighted by Gasteiger charge is 2.31. The standard InChI is InChI=1S/C16H20BrClN2O/c17-14-9-12(18)5-6-13(14)16(21)20-8-2-3-11(10-20)15-4-1-7-19-15/h5-6,9,11,15,19H,1-4,7-8,10H2. The lowest BCUT2D eigenvalue weighted by atomic mass is 9.89. The van der Waals surface area contributed by atoms with Crippen molar-refractivity contribution in [3.05, 3.63) is 33.3 Å². The summed E-state index contributed by atoms with van der Waals surface area (Å²) in [4.78, 5) is 14.7. The molecule has 114 valence electrons. The van der Waals surface area contributed by atoms with Crippen LogP contribution in [0.2, 0.25) is 5.02 Å². The van der Waals surface area contributed by atoms with E-state index in [-0.39, 0.29) is 5.91 Å². The fourth-order valence-corrected chi connectivity index (χ4v) is 4.32. The van der Waals surface area contributed by atoms with Crippen LogP contribution in [-0.4, -0.2) is 36.5 Å². The van der Waals surface area contributed by atoms with Crippen LogP contribution in [0.3, 0.4) is 0 Å². The molecule has 5 heteroatoms. The van der Waals surface area contributed by atoms with Crippen molar-refractivity contribution in [2.45, 2.75) is 31.7 Å². The zero-order valence-corrected chi connectivity index (χ0v) is 14.3. The highest BCUT2D eigenvalue weighted by Crippen LogP contribution is 2.28. The van der Waals surface area contributed by atoms with Crippen molar-refractivity contribution < 1.29 is 4.79 Å². The molecule has 21 heavy (non-hydrogen) atoms. The third-order valence-corrected chi connectivity index (χ3v) is 5.47. The number of benzene rings is 1. The molecule has 0 spiro atoms. The Labute approximate surface area is 139 Å². The van der Waals surface area contributed by atoms with Crippen molar-refractivity contribution in [1.29, 1.82) is 0 Å². The van der Waals surface area contributed by atoms with E-state index in [2.05, 4.69) is 21.2 Å². The monoisotopic (exact) mass is 370 g/mol. The normalized spacial score (nSPS) is 26.1. The Morgan fingerprint density at radius 2 is 2.19 bits per heavy atom. The van der Waals surface area contributed by atoms with Crippen LogP contribution < -0.4 is 5.32 Å². The number of nitrogens with one attached hydrogen (secondary N) is 1. The highest BCUT2D eigenvalue weighted by molar-refractivity contribution is 9.10. The maximum absolute atomic E-state index is 12.7. The van der Waals surface area contributed by atoms with Gasteiger partial charge in [-0.25, -0.2) is 0 Å². The summed E-state index contributed by atoms with van der Waals surface area (Å²) in [6.07, 6.45) is 4.83. The van der Waals surface area contributed by atoms with Crippen molar-refractivity contribution in [2.75, 3.05) is 19.6 Å². The van der Waals surface area contributed by atoms with Gasteiger partial charge in [-0.3, -0.25) is 4.79 Å². The molecule has 1 amide bonds. The van der Waals surface area contributed by atoms with Crippen LogP contribution in [-0.2, 0) is 0 Å². The number of carbonyl (C=O) groups excluding carboxylic acids is 1. The Bertz CT molecular complexity index is 531. The number of rotatable bonds is 2. The van der Waals surface area contributed by atoms with E-state index in [1.54, 1.807) is 12.1 Å². The first-order valence-corrected chi connectivity index (χ1v) is 8.80.